The van der Waals surface area contributed by atoms with Crippen LogP contribution in [0.4, 0.5) is 0 Å². The molecule has 1 amide bonds. The zero-order chi connectivity index (χ0) is 32.5. The average molecular weight is 624 g/mol. The summed E-state index contributed by atoms with van der Waals surface area (Å²) in [5.74, 6) is -0.601. The Balaban J connectivity index is 3.80. The number of rotatable bonds is 33. The minimum atomic E-state index is -1.28. The van der Waals surface area contributed by atoms with Crippen molar-refractivity contribution in [2.24, 2.45) is 0 Å². The van der Waals surface area contributed by atoms with E-state index in [4.69, 9.17) is 0 Å². The van der Waals surface area contributed by atoms with E-state index >= 15 is 0 Å². The van der Waals surface area contributed by atoms with Crippen LogP contribution < -0.4 is 5.32 Å². The van der Waals surface area contributed by atoms with Gasteiger partial charge in [-0.1, -0.05) is 141 Å². The van der Waals surface area contributed by atoms with Gasteiger partial charge in [0.1, 0.15) is 12.2 Å². The van der Waals surface area contributed by atoms with Crippen molar-refractivity contribution in [3.8, 4) is 0 Å². The number of unbranched alkanes of at least 4 members (excludes halogenated alkanes) is 20. The lowest BCUT2D eigenvalue weighted by atomic mass is 10.00. The predicted molar refractivity (Wildman–Crippen MR) is 187 cm³/mol. The second-order valence-electron chi connectivity index (χ2n) is 12.9. The van der Waals surface area contributed by atoms with Crippen LogP contribution in [-0.4, -0.2) is 57.3 Å². The molecule has 0 aliphatic heterocycles. The van der Waals surface area contributed by atoms with Crippen LogP contribution >= 0.6 is 0 Å². The van der Waals surface area contributed by atoms with Crippen LogP contribution in [0.3, 0.4) is 0 Å². The maximum absolute atomic E-state index is 12.4. The van der Waals surface area contributed by atoms with Gasteiger partial charge in [-0.2, -0.15) is 0 Å². The lowest BCUT2D eigenvalue weighted by molar-refractivity contribution is -0.132. The molecule has 0 saturated heterocycles. The summed E-state index contributed by atoms with van der Waals surface area (Å²) < 4.78 is 0. The number of hydrogen-bond acceptors (Lipinski definition) is 5. The Bertz CT molecular complexity index is 668. The minimum absolute atomic E-state index is 0.356. The van der Waals surface area contributed by atoms with Crippen LogP contribution in [0.2, 0.25) is 0 Å². The lowest BCUT2D eigenvalue weighted by Gasteiger charge is -2.27. The van der Waals surface area contributed by atoms with Gasteiger partial charge in [0.05, 0.1) is 18.8 Å². The van der Waals surface area contributed by atoms with Crippen molar-refractivity contribution >= 4 is 5.91 Å². The van der Waals surface area contributed by atoms with Crippen LogP contribution in [0, 0.1) is 0 Å². The van der Waals surface area contributed by atoms with Crippen molar-refractivity contribution < 1.29 is 25.2 Å². The third-order valence-corrected chi connectivity index (χ3v) is 8.63. The topological polar surface area (TPSA) is 110 Å². The molecule has 0 fully saturated rings. The Morgan fingerprint density at radius 2 is 0.932 bits per heavy atom. The number of aliphatic hydroxyl groups is 4. The maximum Gasteiger partial charge on any atom is 0.249 e. The lowest BCUT2D eigenvalue weighted by Crippen LogP contribution is -2.53. The predicted octanol–water partition coefficient (Wildman–Crippen LogP) is 8.84. The summed E-state index contributed by atoms with van der Waals surface area (Å²) in [7, 11) is 0. The molecule has 5 N–H and O–H groups in total. The molecule has 0 aromatic rings. The van der Waals surface area contributed by atoms with Crippen LogP contribution in [0.1, 0.15) is 181 Å². The van der Waals surface area contributed by atoms with Gasteiger partial charge in [0.15, 0.2) is 0 Å². The van der Waals surface area contributed by atoms with Crippen LogP contribution in [0.25, 0.3) is 0 Å². The summed E-state index contributed by atoms with van der Waals surface area (Å²) in [4.78, 5) is 12.4. The minimum Gasteiger partial charge on any atom is -0.394 e. The van der Waals surface area contributed by atoms with E-state index in [-0.39, 0.29) is 0 Å². The fourth-order valence-electron chi connectivity index (χ4n) is 5.57. The molecule has 6 heteroatoms. The molecule has 0 aliphatic carbocycles. The monoisotopic (exact) mass is 624 g/mol. The Kier molecular flexibility index (Phi) is 32.2. The van der Waals surface area contributed by atoms with E-state index in [0.717, 1.165) is 38.5 Å². The molecule has 0 heterocycles. The number of carbonyl (C=O) groups excluding carboxylic acids is 1. The van der Waals surface area contributed by atoms with Gasteiger partial charge >= 0.3 is 0 Å². The van der Waals surface area contributed by atoms with E-state index in [1.54, 1.807) is 0 Å². The van der Waals surface area contributed by atoms with Crippen molar-refractivity contribution in [1.82, 2.24) is 5.32 Å². The smallest absolute Gasteiger partial charge is 0.249 e. The Morgan fingerprint density at radius 1 is 0.545 bits per heavy atom. The number of nitrogens with one attached hydrogen (secondary N) is 1. The van der Waals surface area contributed by atoms with Crippen molar-refractivity contribution in [1.29, 1.82) is 0 Å². The second kappa shape index (κ2) is 33.2. The van der Waals surface area contributed by atoms with Crippen LogP contribution in [0.15, 0.2) is 24.3 Å². The van der Waals surface area contributed by atoms with Gasteiger partial charge in [0.2, 0.25) is 5.91 Å². The van der Waals surface area contributed by atoms with Gasteiger partial charge in [0.25, 0.3) is 0 Å². The largest absolute Gasteiger partial charge is 0.394 e. The van der Waals surface area contributed by atoms with E-state index in [0.29, 0.717) is 19.3 Å². The van der Waals surface area contributed by atoms with Gasteiger partial charge in [-0.25, -0.2) is 0 Å². The van der Waals surface area contributed by atoms with Gasteiger partial charge in [-0.05, 0) is 64.2 Å². The molecule has 0 aromatic heterocycles. The first-order valence-corrected chi connectivity index (χ1v) is 18.7. The van der Waals surface area contributed by atoms with Crippen molar-refractivity contribution in [2.75, 3.05) is 6.61 Å². The highest BCUT2D eigenvalue weighted by Crippen LogP contribution is 2.14. The number of amides is 1. The van der Waals surface area contributed by atoms with E-state index in [9.17, 15) is 25.2 Å². The van der Waals surface area contributed by atoms with Crippen molar-refractivity contribution in [3.05, 3.63) is 24.3 Å². The molecule has 0 rings (SSSR count). The summed E-state index contributed by atoms with van der Waals surface area (Å²) in [5.41, 5.74) is 0. The Morgan fingerprint density at radius 3 is 1.39 bits per heavy atom. The van der Waals surface area contributed by atoms with Gasteiger partial charge in [-0.15, -0.1) is 0 Å². The molecule has 4 atom stereocenters. The number of hydrogen-bond donors (Lipinski definition) is 5. The van der Waals surface area contributed by atoms with E-state index in [1.807, 2.05) is 0 Å². The fourth-order valence-corrected chi connectivity index (χ4v) is 5.57. The normalized spacial score (nSPS) is 14.8. The molecule has 0 saturated carbocycles. The highest BCUT2D eigenvalue weighted by molar-refractivity contribution is 5.80. The van der Waals surface area contributed by atoms with Gasteiger partial charge in [0, 0.05) is 0 Å². The van der Waals surface area contributed by atoms with Gasteiger partial charge in [-0.3, -0.25) is 4.79 Å². The Hall–Kier alpha value is -1.21. The molecular formula is C38H73NO5. The molecule has 0 aliphatic rings. The molecule has 0 radical (unpaired) electrons. The first-order valence-electron chi connectivity index (χ1n) is 18.7. The zero-order valence-electron chi connectivity index (χ0n) is 28.9. The molecule has 0 aromatic carbocycles. The summed E-state index contributed by atoms with van der Waals surface area (Å²) >= 11 is 0. The van der Waals surface area contributed by atoms with E-state index < -0.39 is 36.9 Å². The molecule has 260 valence electrons. The van der Waals surface area contributed by atoms with Crippen molar-refractivity contribution in [2.45, 2.75) is 205 Å². The molecule has 4 unspecified atom stereocenters. The SMILES string of the molecule is CCCCCC/C=C/CCCC(O)C(O)C(CO)NC(=O)C(O)CCCCCCCC/C=C\CCCCCCCCCCC. The quantitative estimate of drug-likeness (QED) is 0.0371. The molecule has 6 nitrogen and oxygen atoms in total. The molecule has 0 bridgehead atoms. The number of carbonyl (C=O) groups is 1. The third kappa shape index (κ3) is 27.1. The summed E-state index contributed by atoms with van der Waals surface area (Å²) in [6, 6.07) is -1.000. The summed E-state index contributed by atoms with van der Waals surface area (Å²) in [5, 5.41) is 43.3. The number of allylic oxidation sites excluding steroid dienone is 4. The Labute approximate surface area is 272 Å². The van der Waals surface area contributed by atoms with Crippen molar-refractivity contribution in [3.63, 3.8) is 0 Å². The molecular weight excluding hydrogens is 550 g/mol. The first-order chi connectivity index (χ1) is 21.5. The summed E-state index contributed by atoms with van der Waals surface area (Å²) in [6.45, 7) is 3.97. The van der Waals surface area contributed by atoms with Crippen LogP contribution in [-0.2, 0) is 4.79 Å². The highest BCUT2D eigenvalue weighted by Gasteiger charge is 2.28. The zero-order valence-corrected chi connectivity index (χ0v) is 28.9. The highest BCUT2D eigenvalue weighted by atomic mass is 16.3. The molecule has 44 heavy (non-hydrogen) atoms. The van der Waals surface area contributed by atoms with Crippen LogP contribution in [0.5, 0.6) is 0 Å². The van der Waals surface area contributed by atoms with E-state index in [2.05, 4.69) is 43.5 Å². The second-order valence-corrected chi connectivity index (χ2v) is 12.9. The summed E-state index contributed by atoms with van der Waals surface area (Å²) in [6.07, 6.45) is 35.0. The standard InChI is InChI=1S/C38H73NO5/c1-3-5-7-9-11-13-14-15-16-17-18-19-20-21-22-24-26-28-30-32-36(42)38(44)39-34(33-40)37(43)35(41)31-29-27-25-23-12-10-8-6-4-2/h18-19,23,25,34-37,40-43H,3-17,20-22,24,26-33H2,1-2H3,(H,39,44)/b19-18-,25-23+. The van der Waals surface area contributed by atoms with E-state index in [1.165, 1.54) is 109 Å². The first kappa shape index (κ1) is 42.8. The third-order valence-electron chi connectivity index (χ3n) is 8.63. The average Bonchev–Trinajstić information content (AvgIpc) is 3.03. The number of aliphatic hydroxyl groups excluding tert-OH is 4. The molecule has 0 spiro atoms. The maximum atomic E-state index is 12.4. The fraction of sp³-hybridized carbons (Fsp3) is 0.868. The van der Waals surface area contributed by atoms with Gasteiger partial charge < -0.3 is 25.7 Å².